The van der Waals surface area contributed by atoms with Gasteiger partial charge in [-0.15, -0.1) is 0 Å². The zero-order chi connectivity index (χ0) is 15.3. The second kappa shape index (κ2) is 7.11. The van der Waals surface area contributed by atoms with Crippen LogP contribution in [0.3, 0.4) is 0 Å². The smallest absolute Gasteiger partial charge is 0.215 e. The van der Waals surface area contributed by atoms with Gasteiger partial charge in [0.05, 0.1) is 11.9 Å². The van der Waals surface area contributed by atoms with E-state index in [2.05, 4.69) is 4.72 Å². The van der Waals surface area contributed by atoms with Gasteiger partial charge in [-0.25, -0.2) is 13.1 Å². The normalized spacial score (nSPS) is 21.8. The molecular formula is C14H22N2O4S. The van der Waals surface area contributed by atoms with Gasteiger partial charge in [-0.3, -0.25) is 0 Å². The molecule has 6 nitrogen and oxygen atoms in total. The van der Waals surface area contributed by atoms with E-state index in [-0.39, 0.29) is 24.5 Å². The number of hydrogen-bond donors (Lipinski definition) is 2. The molecule has 1 aromatic rings. The van der Waals surface area contributed by atoms with Crippen molar-refractivity contribution in [2.24, 2.45) is 0 Å². The largest absolute Gasteiger partial charge is 0.492 e. The Balaban J connectivity index is 1.68. The molecule has 3 N–H and O–H groups in total. The molecule has 0 unspecified atom stereocenters. The Kier molecular flexibility index (Phi) is 5.44. The molecule has 1 fully saturated rings. The Morgan fingerprint density at radius 2 is 1.95 bits per heavy atom. The van der Waals surface area contributed by atoms with Crippen LogP contribution in [0.5, 0.6) is 5.75 Å². The second-order valence-electron chi connectivity index (χ2n) is 5.10. The maximum Gasteiger partial charge on any atom is 0.215 e. The molecule has 0 radical (unpaired) electrons. The topological polar surface area (TPSA) is 90.6 Å². The van der Waals surface area contributed by atoms with Crippen LogP contribution in [0.15, 0.2) is 24.3 Å². The predicted octanol–water partition coefficient (Wildman–Crippen LogP) is 1.13. The van der Waals surface area contributed by atoms with E-state index in [1.54, 1.807) is 24.3 Å². The van der Waals surface area contributed by atoms with Gasteiger partial charge in [-0.1, -0.05) is 0 Å². The van der Waals surface area contributed by atoms with E-state index < -0.39 is 10.0 Å². The number of rotatable bonds is 8. The number of ether oxygens (including phenoxy) is 2. The lowest BCUT2D eigenvalue weighted by Gasteiger charge is -2.35. The molecule has 0 heterocycles. The maximum atomic E-state index is 11.9. The molecule has 21 heavy (non-hydrogen) atoms. The molecule has 118 valence electrons. The van der Waals surface area contributed by atoms with Gasteiger partial charge in [0, 0.05) is 18.3 Å². The van der Waals surface area contributed by atoms with Crippen LogP contribution in [0.25, 0.3) is 0 Å². The summed E-state index contributed by atoms with van der Waals surface area (Å²) in [5, 5.41) is 0. The Hall–Kier alpha value is -1.31. The fraction of sp³-hybridized carbons (Fsp3) is 0.571. The summed E-state index contributed by atoms with van der Waals surface area (Å²) < 4.78 is 37.2. The number of nitrogen functional groups attached to an aromatic ring is 1. The summed E-state index contributed by atoms with van der Waals surface area (Å²) in [4.78, 5) is 0. The SMILES string of the molecule is CCOC1CC(NS(=O)(=O)CCOc2ccc(N)cc2)C1. The molecule has 1 saturated carbocycles. The standard InChI is InChI=1S/C14H22N2O4S/c1-2-19-14-9-12(10-14)16-21(17,18)8-7-20-13-5-3-11(15)4-6-13/h3-6,12,14,16H,2,7-10,15H2,1H3. The van der Waals surface area contributed by atoms with Gasteiger partial charge < -0.3 is 15.2 Å². The van der Waals surface area contributed by atoms with Crippen LogP contribution >= 0.6 is 0 Å². The van der Waals surface area contributed by atoms with E-state index >= 15 is 0 Å². The first-order chi connectivity index (χ1) is 9.98. The second-order valence-corrected chi connectivity index (χ2v) is 6.97. The first-order valence-corrected chi connectivity index (χ1v) is 8.73. The fourth-order valence-corrected chi connectivity index (χ4v) is 3.30. The van der Waals surface area contributed by atoms with Crippen LogP contribution in [-0.2, 0) is 14.8 Å². The lowest BCUT2D eigenvalue weighted by atomic mass is 9.90. The van der Waals surface area contributed by atoms with Crippen molar-refractivity contribution in [1.29, 1.82) is 0 Å². The van der Waals surface area contributed by atoms with Crippen molar-refractivity contribution in [2.45, 2.75) is 31.9 Å². The summed E-state index contributed by atoms with van der Waals surface area (Å²) >= 11 is 0. The zero-order valence-corrected chi connectivity index (χ0v) is 12.9. The summed E-state index contributed by atoms with van der Waals surface area (Å²) in [5.74, 6) is 0.548. The highest BCUT2D eigenvalue weighted by Gasteiger charge is 2.32. The van der Waals surface area contributed by atoms with Crippen molar-refractivity contribution in [3.63, 3.8) is 0 Å². The Morgan fingerprint density at radius 1 is 1.29 bits per heavy atom. The first-order valence-electron chi connectivity index (χ1n) is 7.08. The Labute approximate surface area is 125 Å². The lowest BCUT2D eigenvalue weighted by Crippen LogP contribution is -2.48. The van der Waals surface area contributed by atoms with E-state index in [4.69, 9.17) is 15.2 Å². The zero-order valence-electron chi connectivity index (χ0n) is 12.1. The van der Waals surface area contributed by atoms with Crippen molar-refractivity contribution in [2.75, 3.05) is 24.7 Å². The van der Waals surface area contributed by atoms with Gasteiger partial charge in [-0.05, 0) is 44.0 Å². The summed E-state index contributed by atoms with van der Waals surface area (Å²) in [6, 6.07) is 6.85. The molecule has 1 aromatic carbocycles. The van der Waals surface area contributed by atoms with Gasteiger partial charge >= 0.3 is 0 Å². The molecule has 0 atom stereocenters. The lowest BCUT2D eigenvalue weighted by molar-refractivity contribution is -0.00476. The monoisotopic (exact) mass is 314 g/mol. The first kappa shape index (κ1) is 16.1. The van der Waals surface area contributed by atoms with Crippen LogP contribution in [0.2, 0.25) is 0 Å². The van der Waals surface area contributed by atoms with Gasteiger partial charge in [0.15, 0.2) is 0 Å². The minimum absolute atomic E-state index is 0.0110. The molecule has 2 rings (SSSR count). The molecule has 0 bridgehead atoms. The number of anilines is 1. The molecule has 1 aliphatic rings. The van der Waals surface area contributed by atoms with Crippen molar-refractivity contribution in [1.82, 2.24) is 4.72 Å². The summed E-state index contributed by atoms with van der Waals surface area (Å²) in [5.41, 5.74) is 6.21. The van der Waals surface area contributed by atoms with Crippen molar-refractivity contribution in [3.05, 3.63) is 24.3 Å². The molecule has 0 saturated heterocycles. The van der Waals surface area contributed by atoms with Crippen LogP contribution < -0.4 is 15.2 Å². The Morgan fingerprint density at radius 3 is 2.57 bits per heavy atom. The third kappa shape index (κ3) is 5.18. The Bertz CT molecular complexity index is 539. The van der Waals surface area contributed by atoms with Crippen LogP contribution in [0, 0.1) is 0 Å². The van der Waals surface area contributed by atoms with Crippen LogP contribution in [-0.4, -0.2) is 39.5 Å². The number of sulfonamides is 1. The van der Waals surface area contributed by atoms with Gasteiger partial charge in [-0.2, -0.15) is 0 Å². The average Bonchev–Trinajstić information content (AvgIpc) is 2.38. The van der Waals surface area contributed by atoms with Gasteiger partial charge in [0.2, 0.25) is 10.0 Å². The molecule has 0 amide bonds. The quantitative estimate of drug-likeness (QED) is 0.702. The minimum atomic E-state index is -3.31. The number of benzene rings is 1. The van der Waals surface area contributed by atoms with Gasteiger partial charge in [0.1, 0.15) is 12.4 Å². The van der Waals surface area contributed by atoms with Crippen LogP contribution in [0.4, 0.5) is 5.69 Å². The van der Waals surface area contributed by atoms with Crippen molar-refractivity contribution >= 4 is 15.7 Å². The molecular weight excluding hydrogens is 292 g/mol. The highest BCUT2D eigenvalue weighted by Crippen LogP contribution is 2.23. The maximum absolute atomic E-state index is 11.9. The average molecular weight is 314 g/mol. The van der Waals surface area contributed by atoms with Crippen molar-refractivity contribution < 1.29 is 17.9 Å². The molecule has 1 aliphatic carbocycles. The summed E-state index contributed by atoms with van der Waals surface area (Å²) in [6.45, 7) is 2.71. The van der Waals surface area contributed by atoms with E-state index in [0.29, 0.717) is 18.0 Å². The summed E-state index contributed by atoms with van der Waals surface area (Å²) in [6.07, 6.45) is 1.67. The van der Waals surface area contributed by atoms with Crippen LogP contribution in [0.1, 0.15) is 19.8 Å². The minimum Gasteiger partial charge on any atom is -0.492 e. The molecule has 7 heteroatoms. The van der Waals surface area contributed by atoms with Gasteiger partial charge in [0.25, 0.3) is 0 Å². The molecule has 0 aliphatic heterocycles. The van der Waals surface area contributed by atoms with Crippen molar-refractivity contribution in [3.8, 4) is 5.75 Å². The van der Waals surface area contributed by atoms with E-state index in [0.717, 1.165) is 12.8 Å². The molecule has 0 aromatic heterocycles. The molecule has 0 spiro atoms. The fourth-order valence-electron chi connectivity index (χ4n) is 2.18. The number of nitrogens with one attached hydrogen (secondary N) is 1. The predicted molar refractivity (Wildman–Crippen MR) is 81.7 cm³/mol. The summed E-state index contributed by atoms with van der Waals surface area (Å²) in [7, 11) is -3.31. The highest BCUT2D eigenvalue weighted by atomic mass is 32.2. The van der Waals surface area contributed by atoms with E-state index in [1.165, 1.54) is 0 Å². The highest BCUT2D eigenvalue weighted by molar-refractivity contribution is 7.89. The number of hydrogen-bond acceptors (Lipinski definition) is 5. The van der Waals surface area contributed by atoms with E-state index in [1.807, 2.05) is 6.92 Å². The number of nitrogens with two attached hydrogens (primary N) is 1. The third-order valence-electron chi connectivity index (χ3n) is 3.34. The van der Waals surface area contributed by atoms with E-state index in [9.17, 15) is 8.42 Å². The third-order valence-corrected chi connectivity index (χ3v) is 4.74.